The first kappa shape index (κ1) is 18.0. The molecule has 2 aromatic carbocycles. The molecule has 2 N–H and O–H groups in total. The minimum absolute atomic E-state index is 0.296. The highest BCUT2D eigenvalue weighted by atomic mass is 16.6. The van der Waals surface area contributed by atoms with Crippen molar-refractivity contribution in [3.05, 3.63) is 71.8 Å². The predicted molar refractivity (Wildman–Crippen MR) is 92.9 cm³/mol. The molecule has 0 unspecified atom stereocenters. The minimum atomic E-state index is -0.994. The van der Waals surface area contributed by atoms with E-state index in [9.17, 15) is 10.2 Å². The molecule has 2 aromatic rings. The van der Waals surface area contributed by atoms with Crippen molar-refractivity contribution in [2.75, 3.05) is 13.2 Å². The normalized spacial score (nSPS) is 24.3. The van der Waals surface area contributed by atoms with Crippen molar-refractivity contribution in [2.45, 2.75) is 37.6 Å². The number of aliphatic hydroxyl groups is 2. The molecular weight excluding hydrogens is 320 g/mol. The van der Waals surface area contributed by atoms with Gasteiger partial charge in [0.2, 0.25) is 0 Å². The Kier molecular flexibility index (Phi) is 6.55. The lowest BCUT2D eigenvalue weighted by Gasteiger charge is -2.26. The topological polar surface area (TPSA) is 68.2 Å². The molecule has 1 saturated heterocycles. The van der Waals surface area contributed by atoms with Gasteiger partial charge in [-0.05, 0) is 11.1 Å². The number of aliphatic hydroxyl groups excluding tert-OH is 2. The lowest BCUT2D eigenvalue weighted by atomic mass is 10.1. The predicted octanol–water partition coefficient (Wildman–Crippen LogP) is 1.91. The fraction of sp³-hybridized carbons (Fsp3) is 0.400. The van der Waals surface area contributed by atoms with Crippen molar-refractivity contribution in [1.29, 1.82) is 0 Å². The average molecular weight is 344 g/mol. The van der Waals surface area contributed by atoms with E-state index in [4.69, 9.17) is 14.2 Å². The van der Waals surface area contributed by atoms with Crippen LogP contribution in [0, 0.1) is 0 Å². The number of hydrogen-bond donors (Lipinski definition) is 2. The molecule has 3 rings (SSSR count). The molecule has 0 radical (unpaired) electrons. The summed E-state index contributed by atoms with van der Waals surface area (Å²) in [6.07, 6.45) is -2.33. The Labute approximate surface area is 147 Å². The molecule has 0 spiro atoms. The van der Waals surface area contributed by atoms with Crippen LogP contribution >= 0.6 is 0 Å². The van der Waals surface area contributed by atoms with Crippen LogP contribution in [0.25, 0.3) is 0 Å². The van der Waals surface area contributed by atoms with Crippen LogP contribution in [0.5, 0.6) is 0 Å². The first-order valence-electron chi connectivity index (χ1n) is 8.49. The second kappa shape index (κ2) is 9.08. The maximum Gasteiger partial charge on any atom is 0.115 e. The van der Waals surface area contributed by atoms with E-state index in [1.165, 1.54) is 0 Å². The molecule has 1 fully saturated rings. The summed E-state index contributed by atoms with van der Waals surface area (Å²) in [5.41, 5.74) is 2.10. The van der Waals surface area contributed by atoms with Gasteiger partial charge in [0.25, 0.3) is 0 Å². The number of benzene rings is 2. The van der Waals surface area contributed by atoms with Gasteiger partial charge >= 0.3 is 0 Å². The Morgan fingerprint density at radius 2 is 1.48 bits per heavy atom. The molecule has 1 aliphatic rings. The highest BCUT2D eigenvalue weighted by Gasteiger charge is 2.42. The van der Waals surface area contributed by atoms with Crippen LogP contribution in [0.1, 0.15) is 11.1 Å². The summed E-state index contributed by atoms with van der Waals surface area (Å²) in [6, 6.07) is 19.7. The van der Waals surface area contributed by atoms with Crippen LogP contribution < -0.4 is 0 Å². The van der Waals surface area contributed by atoms with E-state index in [1.807, 2.05) is 60.7 Å². The molecule has 4 atom stereocenters. The third-order valence-electron chi connectivity index (χ3n) is 4.30. The quantitative estimate of drug-likeness (QED) is 0.766. The van der Waals surface area contributed by atoms with Crippen LogP contribution in [-0.2, 0) is 27.4 Å². The Morgan fingerprint density at radius 3 is 2.04 bits per heavy atom. The molecule has 0 aromatic heterocycles. The Bertz CT molecular complexity index is 618. The van der Waals surface area contributed by atoms with E-state index in [0.29, 0.717) is 19.8 Å². The van der Waals surface area contributed by atoms with Crippen molar-refractivity contribution in [1.82, 2.24) is 0 Å². The Morgan fingerprint density at radius 1 is 0.920 bits per heavy atom. The van der Waals surface area contributed by atoms with E-state index in [-0.39, 0.29) is 12.7 Å². The smallest absolute Gasteiger partial charge is 0.115 e. The molecule has 0 amide bonds. The second-order valence-electron chi connectivity index (χ2n) is 6.14. The van der Waals surface area contributed by atoms with Crippen molar-refractivity contribution in [2.24, 2.45) is 0 Å². The molecule has 0 bridgehead atoms. The standard InChI is InChI=1S/C20H24O5/c21-11-17(22)19-20(24-13-16-9-5-2-6-10-16)18(14-25-19)23-12-15-7-3-1-4-8-15/h1-10,17-22H,11-14H2/t17-,18-,19-,20-/m1/s1. The lowest BCUT2D eigenvalue weighted by Crippen LogP contribution is -2.42. The van der Waals surface area contributed by atoms with Crippen molar-refractivity contribution >= 4 is 0 Å². The van der Waals surface area contributed by atoms with Gasteiger partial charge in [0, 0.05) is 0 Å². The molecular formula is C20H24O5. The van der Waals surface area contributed by atoms with Gasteiger partial charge in [-0.1, -0.05) is 60.7 Å². The largest absolute Gasteiger partial charge is 0.394 e. The molecule has 25 heavy (non-hydrogen) atoms. The highest BCUT2D eigenvalue weighted by molar-refractivity contribution is 5.14. The third-order valence-corrected chi connectivity index (χ3v) is 4.30. The molecule has 1 aliphatic heterocycles. The SMILES string of the molecule is OC[C@@H](O)[C@H]1OC[C@@H](OCc2ccccc2)[C@H]1OCc1ccccc1. The van der Waals surface area contributed by atoms with Gasteiger partial charge in [-0.25, -0.2) is 0 Å². The van der Waals surface area contributed by atoms with E-state index in [2.05, 4.69) is 0 Å². The third kappa shape index (κ3) is 4.87. The summed E-state index contributed by atoms with van der Waals surface area (Å²) < 4.78 is 17.6. The maximum atomic E-state index is 10.0. The van der Waals surface area contributed by atoms with Crippen LogP contribution in [-0.4, -0.2) is 47.8 Å². The van der Waals surface area contributed by atoms with Crippen LogP contribution in [0.4, 0.5) is 0 Å². The second-order valence-corrected chi connectivity index (χ2v) is 6.14. The van der Waals surface area contributed by atoms with Gasteiger partial charge in [-0.2, -0.15) is 0 Å². The van der Waals surface area contributed by atoms with Gasteiger partial charge < -0.3 is 24.4 Å². The maximum absolute atomic E-state index is 10.0. The van der Waals surface area contributed by atoms with Gasteiger partial charge in [-0.15, -0.1) is 0 Å². The van der Waals surface area contributed by atoms with Crippen LogP contribution in [0.15, 0.2) is 60.7 Å². The van der Waals surface area contributed by atoms with Crippen molar-refractivity contribution in [3.8, 4) is 0 Å². The zero-order valence-electron chi connectivity index (χ0n) is 14.0. The summed E-state index contributed by atoms with van der Waals surface area (Å²) in [4.78, 5) is 0. The number of ether oxygens (including phenoxy) is 3. The van der Waals surface area contributed by atoms with Gasteiger partial charge in [0.05, 0.1) is 26.4 Å². The molecule has 1 heterocycles. The molecule has 0 saturated carbocycles. The summed E-state index contributed by atoms with van der Waals surface area (Å²) >= 11 is 0. The summed E-state index contributed by atoms with van der Waals surface area (Å²) in [5.74, 6) is 0. The Hall–Kier alpha value is -1.76. The zero-order chi connectivity index (χ0) is 17.5. The number of rotatable bonds is 8. The average Bonchev–Trinajstić information content (AvgIpc) is 3.08. The molecule has 5 heteroatoms. The van der Waals surface area contributed by atoms with Gasteiger partial charge in [0.15, 0.2) is 0 Å². The van der Waals surface area contributed by atoms with Crippen LogP contribution in [0.2, 0.25) is 0 Å². The first-order valence-corrected chi connectivity index (χ1v) is 8.49. The van der Waals surface area contributed by atoms with Crippen LogP contribution in [0.3, 0.4) is 0 Å². The summed E-state index contributed by atoms with van der Waals surface area (Å²) in [5, 5.41) is 19.3. The van der Waals surface area contributed by atoms with Gasteiger partial charge in [-0.3, -0.25) is 0 Å². The molecule has 134 valence electrons. The summed E-state index contributed by atoms with van der Waals surface area (Å²) in [6.45, 7) is 0.798. The van der Waals surface area contributed by atoms with E-state index >= 15 is 0 Å². The van der Waals surface area contributed by atoms with E-state index in [0.717, 1.165) is 11.1 Å². The van der Waals surface area contributed by atoms with E-state index in [1.54, 1.807) is 0 Å². The van der Waals surface area contributed by atoms with Crippen molar-refractivity contribution < 1.29 is 24.4 Å². The highest BCUT2D eigenvalue weighted by Crippen LogP contribution is 2.25. The fourth-order valence-corrected chi connectivity index (χ4v) is 2.93. The molecule has 5 nitrogen and oxygen atoms in total. The number of hydrogen-bond acceptors (Lipinski definition) is 5. The van der Waals surface area contributed by atoms with Crippen molar-refractivity contribution in [3.63, 3.8) is 0 Å². The minimum Gasteiger partial charge on any atom is -0.394 e. The first-order chi connectivity index (χ1) is 12.3. The monoisotopic (exact) mass is 344 g/mol. The lowest BCUT2D eigenvalue weighted by molar-refractivity contribution is -0.107. The fourth-order valence-electron chi connectivity index (χ4n) is 2.93. The Balaban J connectivity index is 1.63. The van der Waals surface area contributed by atoms with Gasteiger partial charge in [0.1, 0.15) is 24.4 Å². The zero-order valence-corrected chi connectivity index (χ0v) is 14.0. The summed E-state index contributed by atoms with van der Waals surface area (Å²) in [7, 11) is 0. The molecule has 0 aliphatic carbocycles. The van der Waals surface area contributed by atoms with E-state index < -0.39 is 18.3 Å².